The number of hydrogen-bond acceptors (Lipinski definition) is 3. The Kier molecular flexibility index (Phi) is 3.59. The second-order valence-corrected chi connectivity index (χ2v) is 11.7. The van der Waals surface area contributed by atoms with Crippen LogP contribution in [-0.2, 0) is 4.79 Å². The summed E-state index contributed by atoms with van der Waals surface area (Å²) in [7, 11) is 0. The highest BCUT2D eigenvalue weighted by molar-refractivity contribution is 9.10. The van der Waals surface area contributed by atoms with Gasteiger partial charge in [-0.05, 0) is 80.9 Å². The second kappa shape index (κ2) is 5.53. The predicted octanol–water partition coefficient (Wildman–Crippen LogP) is 5.67. The largest absolute Gasteiger partial charge is 0.326 e. The summed E-state index contributed by atoms with van der Waals surface area (Å²) in [4.78, 5) is 17.3. The van der Waals surface area contributed by atoms with Crippen LogP contribution >= 0.6 is 27.3 Å². The molecule has 4 bridgehead atoms. The number of halogens is 1. The van der Waals surface area contributed by atoms with Gasteiger partial charge in [-0.2, -0.15) is 0 Å². The summed E-state index contributed by atoms with van der Waals surface area (Å²) in [6, 6.07) is 6.04. The molecule has 6 rings (SSSR count). The van der Waals surface area contributed by atoms with E-state index in [1.165, 1.54) is 38.5 Å². The van der Waals surface area contributed by atoms with E-state index in [4.69, 9.17) is 0 Å². The lowest BCUT2D eigenvalue weighted by atomic mass is 9.48. The van der Waals surface area contributed by atoms with Crippen molar-refractivity contribution in [2.45, 2.75) is 56.2 Å². The van der Waals surface area contributed by atoms with E-state index < -0.39 is 0 Å². The minimum absolute atomic E-state index is 0.179. The number of aromatic nitrogens is 1. The van der Waals surface area contributed by atoms with E-state index in [9.17, 15) is 4.79 Å². The summed E-state index contributed by atoms with van der Waals surface area (Å²) in [5.41, 5.74) is 2.14. The fourth-order valence-electron chi connectivity index (χ4n) is 6.21. The Hall–Kier alpha value is -0.940. The van der Waals surface area contributed by atoms with E-state index in [1.807, 2.05) is 19.1 Å². The van der Waals surface area contributed by atoms with E-state index in [-0.39, 0.29) is 11.3 Å². The summed E-state index contributed by atoms with van der Waals surface area (Å²) < 4.78 is 1.46. The van der Waals surface area contributed by atoms with E-state index >= 15 is 0 Å². The molecule has 1 aromatic heterocycles. The van der Waals surface area contributed by atoms with Crippen molar-refractivity contribution in [1.82, 2.24) is 4.98 Å². The van der Waals surface area contributed by atoms with Crippen LogP contribution < -0.4 is 5.32 Å². The molecule has 25 heavy (non-hydrogen) atoms. The van der Waals surface area contributed by atoms with Crippen LogP contribution in [0.5, 0.6) is 0 Å². The Bertz CT molecular complexity index is 846. The first-order valence-corrected chi connectivity index (χ1v) is 10.9. The lowest BCUT2D eigenvalue weighted by Gasteiger charge is -2.60. The molecule has 2 aromatic rings. The summed E-state index contributed by atoms with van der Waals surface area (Å²) in [5.74, 6) is 1.83. The van der Waals surface area contributed by atoms with Gasteiger partial charge >= 0.3 is 0 Å². The first kappa shape index (κ1) is 16.2. The van der Waals surface area contributed by atoms with Gasteiger partial charge in [0.25, 0.3) is 0 Å². The quantitative estimate of drug-likeness (QED) is 0.652. The van der Waals surface area contributed by atoms with Gasteiger partial charge in [0.15, 0.2) is 0 Å². The highest BCUT2D eigenvalue weighted by Crippen LogP contribution is 2.65. The van der Waals surface area contributed by atoms with Crippen molar-refractivity contribution in [2.75, 3.05) is 5.32 Å². The molecular weight excluding hydrogens is 396 g/mol. The molecule has 1 amide bonds. The van der Waals surface area contributed by atoms with Crippen molar-refractivity contribution in [3.05, 3.63) is 23.2 Å². The Morgan fingerprint density at radius 2 is 2.08 bits per heavy atom. The molecule has 0 aliphatic heterocycles. The highest BCUT2D eigenvalue weighted by Gasteiger charge is 2.57. The van der Waals surface area contributed by atoms with Crippen LogP contribution in [0.2, 0.25) is 0 Å². The first-order valence-electron chi connectivity index (χ1n) is 9.26. The molecule has 2 unspecified atom stereocenters. The summed E-state index contributed by atoms with van der Waals surface area (Å²) >= 11 is 5.72. The molecule has 4 saturated carbocycles. The van der Waals surface area contributed by atoms with Crippen molar-refractivity contribution < 1.29 is 4.79 Å². The summed E-state index contributed by atoms with van der Waals surface area (Å²) in [6.45, 7) is 2.02. The molecule has 0 spiro atoms. The molecule has 0 radical (unpaired) electrons. The van der Waals surface area contributed by atoms with Crippen LogP contribution in [0.3, 0.4) is 0 Å². The zero-order chi connectivity index (χ0) is 17.2. The predicted molar refractivity (Wildman–Crippen MR) is 106 cm³/mol. The molecule has 1 heterocycles. The number of carbonyl (C=O) groups excluding carboxylic acids is 1. The average Bonchev–Trinajstić information content (AvgIpc) is 2.83. The van der Waals surface area contributed by atoms with Crippen LogP contribution in [0.25, 0.3) is 10.2 Å². The molecule has 4 aliphatic rings. The third-order valence-corrected chi connectivity index (χ3v) is 8.29. The van der Waals surface area contributed by atoms with Crippen molar-refractivity contribution in [2.24, 2.45) is 17.3 Å². The Morgan fingerprint density at radius 1 is 1.32 bits per heavy atom. The highest BCUT2D eigenvalue weighted by atomic mass is 79.9. The van der Waals surface area contributed by atoms with Crippen molar-refractivity contribution in [1.29, 1.82) is 0 Å². The topological polar surface area (TPSA) is 42.0 Å². The lowest BCUT2D eigenvalue weighted by molar-refractivity contribution is -0.123. The molecule has 5 heteroatoms. The molecule has 0 saturated heterocycles. The monoisotopic (exact) mass is 418 g/mol. The first-order chi connectivity index (χ1) is 11.9. The third-order valence-electron chi connectivity index (χ3n) is 6.43. The number of hydrogen-bond donors (Lipinski definition) is 1. The average molecular weight is 419 g/mol. The van der Waals surface area contributed by atoms with Crippen LogP contribution in [-0.4, -0.2) is 15.2 Å². The van der Waals surface area contributed by atoms with E-state index in [0.717, 1.165) is 32.7 Å². The molecule has 4 fully saturated rings. The third kappa shape index (κ3) is 2.93. The number of fused-ring (bicyclic) bond motifs is 1. The van der Waals surface area contributed by atoms with Gasteiger partial charge in [0.2, 0.25) is 5.91 Å². The molecule has 3 nitrogen and oxygen atoms in total. The maximum atomic E-state index is 12.8. The standard InChI is InChI=1S/C20H23BrN2OS/c1-12-22-16-3-2-15(5-17(16)25-12)23-18(24)10-19-6-13-4-14(7-19)9-20(21,8-13)11-19/h2-3,5,13-14H,4,6-11H2,1H3,(H,23,24)/t13-,14+,19?,20?. The lowest BCUT2D eigenvalue weighted by Crippen LogP contribution is -2.53. The second-order valence-electron chi connectivity index (χ2n) is 8.75. The van der Waals surface area contributed by atoms with Crippen LogP contribution in [0, 0.1) is 24.2 Å². The summed E-state index contributed by atoms with van der Waals surface area (Å²) in [6.07, 6.45) is 8.36. The molecule has 1 aromatic carbocycles. The normalized spacial score (nSPS) is 36.1. The number of benzene rings is 1. The van der Waals surface area contributed by atoms with E-state index in [0.29, 0.717) is 10.7 Å². The SMILES string of the molecule is Cc1nc2ccc(NC(=O)CC34C[C@@H]5C[C@@H](CC(Br)(C5)C3)C4)cc2s1. The van der Waals surface area contributed by atoms with Crippen LogP contribution in [0.1, 0.15) is 50.0 Å². The molecular formula is C20H23BrN2OS. The van der Waals surface area contributed by atoms with Gasteiger partial charge in [-0.3, -0.25) is 4.79 Å². The zero-order valence-corrected chi connectivity index (χ0v) is 16.9. The number of aryl methyl sites for hydroxylation is 1. The number of rotatable bonds is 3. The van der Waals surface area contributed by atoms with E-state index in [1.54, 1.807) is 11.3 Å². The zero-order valence-electron chi connectivity index (χ0n) is 14.5. The number of alkyl halides is 1. The van der Waals surface area contributed by atoms with E-state index in [2.05, 4.69) is 32.3 Å². The van der Waals surface area contributed by atoms with Gasteiger partial charge in [0, 0.05) is 16.4 Å². The molecule has 4 atom stereocenters. The van der Waals surface area contributed by atoms with Crippen molar-refractivity contribution >= 4 is 49.1 Å². The van der Waals surface area contributed by atoms with Gasteiger partial charge in [-0.25, -0.2) is 4.98 Å². The number of nitrogens with one attached hydrogen (secondary N) is 1. The van der Waals surface area contributed by atoms with Gasteiger partial charge in [0.1, 0.15) is 0 Å². The smallest absolute Gasteiger partial charge is 0.224 e. The fraction of sp³-hybridized carbons (Fsp3) is 0.600. The molecule has 132 valence electrons. The molecule has 1 N–H and O–H groups in total. The Labute approximate surface area is 160 Å². The number of anilines is 1. The van der Waals surface area contributed by atoms with Crippen LogP contribution in [0.15, 0.2) is 18.2 Å². The maximum absolute atomic E-state index is 12.8. The van der Waals surface area contributed by atoms with Crippen molar-refractivity contribution in [3.8, 4) is 0 Å². The number of thiazole rings is 1. The number of amides is 1. The van der Waals surface area contributed by atoms with Gasteiger partial charge in [-0.15, -0.1) is 11.3 Å². The fourth-order valence-corrected chi connectivity index (χ4v) is 8.58. The minimum atomic E-state index is 0.179. The molecule has 4 aliphatic carbocycles. The van der Waals surface area contributed by atoms with Crippen molar-refractivity contribution in [3.63, 3.8) is 0 Å². The summed E-state index contributed by atoms with van der Waals surface area (Å²) in [5, 5.41) is 4.22. The van der Waals surface area contributed by atoms with Gasteiger partial charge < -0.3 is 5.32 Å². The minimum Gasteiger partial charge on any atom is -0.326 e. The van der Waals surface area contributed by atoms with Gasteiger partial charge in [0.05, 0.1) is 15.2 Å². The number of nitrogens with zero attached hydrogens (tertiary/aromatic N) is 1. The Balaban J connectivity index is 1.33. The van der Waals surface area contributed by atoms with Gasteiger partial charge in [-0.1, -0.05) is 15.9 Å². The number of carbonyl (C=O) groups is 1. The Morgan fingerprint density at radius 3 is 2.80 bits per heavy atom. The maximum Gasteiger partial charge on any atom is 0.224 e. The van der Waals surface area contributed by atoms with Crippen LogP contribution in [0.4, 0.5) is 5.69 Å².